The molecule has 0 saturated carbocycles. The molecule has 0 aliphatic carbocycles. The molecule has 106 valence electrons. The monoisotopic (exact) mass is 296 g/mol. The third-order valence-corrected chi connectivity index (χ3v) is 8.94. The first kappa shape index (κ1) is 20.5. The van der Waals surface area contributed by atoms with Crippen molar-refractivity contribution in [3.63, 3.8) is 0 Å². The maximum atomic E-state index is 2.43. The molecule has 1 atom stereocenters. The topological polar surface area (TPSA) is 0 Å². The van der Waals surface area contributed by atoms with Gasteiger partial charge in [0.15, 0.2) is 0 Å². The second-order valence-electron chi connectivity index (χ2n) is 3.98. The molecular weight excluding hydrogens is 262 g/mol. The third kappa shape index (κ3) is 15.2. The van der Waals surface area contributed by atoms with Gasteiger partial charge in [-0.25, -0.2) is 0 Å². The zero-order valence-electron chi connectivity index (χ0n) is 13.0. The molecule has 0 amide bonds. The highest BCUT2D eigenvalue weighted by Crippen LogP contribution is 2.41. The summed E-state index contributed by atoms with van der Waals surface area (Å²) in [5.74, 6) is 1.43. The zero-order chi connectivity index (χ0) is 13.5. The van der Waals surface area contributed by atoms with Gasteiger partial charge in [-0.05, 0) is 50.4 Å². The molecule has 1 unspecified atom stereocenters. The number of hydrogen-bond acceptors (Lipinski definition) is 1. The first-order chi connectivity index (χ1) is 8.29. The summed E-state index contributed by atoms with van der Waals surface area (Å²) in [7, 11) is 1.01. The van der Waals surface area contributed by atoms with Gasteiger partial charge in [-0.15, -0.1) is 7.92 Å². The van der Waals surface area contributed by atoms with Crippen LogP contribution in [0.15, 0.2) is 0 Å². The molecular formula is C14H34P2S. The molecule has 0 spiro atoms. The average Bonchev–Trinajstić information content (AvgIpc) is 2.87. The van der Waals surface area contributed by atoms with E-state index >= 15 is 0 Å². The van der Waals surface area contributed by atoms with E-state index in [1.165, 1.54) is 36.7 Å². The molecule has 0 radical (unpaired) electrons. The highest BCUT2D eigenvalue weighted by Gasteiger charge is 2.07. The predicted molar refractivity (Wildman–Crippen MR) is 94.2 cm³/mol. The molecule has 0 aromatic rings. The molecule has 0 bridgehead atoms. The number of thioether (sulfide) groups is 1. The Morgan fingerprint density at radius 1 is 0.706 bits per heavy atom. The molecule has 0 N–H and O–H groups in total. The molecule has 2 aliphatic rings. The summed E-state index contributed by atoms with van der Waals surface area (Å²) < 4.78 is 0. The largest absolute Gasteiger partial charge is 0.157 e. The quantitative estimate of drug-likeness (QED) is 0.484. The van der Waals surface area contributed by atoms with Crippen LogP contribution in [-0.4, -0.2) is 43.1 Å². The minimum atomic E-state index is 0.498. The van der Waals surface area contributed by atoms with Gasteiger partial charge in [-0.3, -0.25) is 0 Å². The van der Waals surface area contributed by atoms with Gasteiger partial charge in [-0.2, -0.15) is 11.8 Å². The van der Waals surface area contributed by atoms with Gasteiger partial charge in [0.25, 0.3) is 0 Å². The summed E-state index contributed by atoms with van der Waals surface area (Å²) in [4.78, 5) is 0. The van der Waals surface area contributed by atoms with Crippen molar-refractivity contribution in [3.05, 3.63) is 0 Å². The van der Waals surface area contributed by atoms with Crippen LogP contribution < -0.4 is 0 Å². The van der Waals surface area contributed by atoms with E-state index in [2.05, 4.69) is 25.1 Å². The number of rotatable bonds is 0. The van der Waals surface area contributed by atoms with Crippen LogP contribution in [-0.2, 0) is 0 Å². The Bertz CT molecular complexity index is 119. The van der Waals surface area contributed by atoms with Crippen molar-refractivity contribution in [2.75, 3.05) is 43.1 Å². The van der Waals surface area contributed by atoms with Crippen LogP contribution in [0.2, 0.25) is 0 Å². The molecule has 3 heteroatoms. The van der Waals surface area contributed by atoms with Gasteiger partial charge < -0.3 is 0 Å². The van der Waals surface area contributed by atoms with E-state index in [0.717, 1.165) is 0 Å². The molecule has 0 nitrogen and oxygen atoms in total. The maximum absolute atomic E-state index is 2.43. The lowest BCUT2D eigenvalue weighted by Gasteiger charge is -2.16. The average molecular weight is 296 g/mol. The lowest BCUT2D eigenvalue weighted by molar-refractivity contribution is 0.754. The molecule has 2 rings (SSSR count). The highest BCUT2D eigenvalue weighted by atomic mass is 32.2. The SMILES string of the molecule is CC.CC.CP1CCCCC1.CP1CCSC1. The zero-order valence-corrected chi connectivity index (χ0v) is 15.6. The second-order valence-corrected chi connectivity index (χ2v) is 10.6. The van der Waals surface area contributed by atoms with Crippen molar-refractivity contribution < 1.29 is 0 Å². The van der Waals surface area contributed by atoms with Crippen LogP contribution in [0.25, 0.3) is 0 Å². The molecule has 2 fully saturated rings. The summed E-state index contributed by atoms with van der Waals surface area (Å²) in [6.07, 6.45) is 9.15. The van der Waals surface area contributed by atoms with Gasteiger partial charge >= 0.3 is 0 Å². The fraction of sp³-hybridized carbons (Fsp3) is 1.00. The second kappa shape index (κ2) is 17.2. The van der Waals surface area contributed by atoms with Crippen LogP contribution in [0.5, 0.6) is 0 Å². The molecule has 0 aromatic heterocycles. The first-order valence-electron chi connectivity index (χ1n) is 7.24. The smallest absolute Gasteiger partial charge is 0.0134 e. The molecule has 2 heterocycles. The van der Waals surface area contributed by atoms with E-state index in [1.807, 2.05) is 27.7 Å². The van der Waals surface area contributed by atoms with Crippen molar-refractivity contribution in [3.8, 4) is 0 Å². The summed E-state index contributed by atoms with van der Waals surface area (Å²) in [5.41, 5.74) is 1.47. The van der Waals surface area contributed by atoms with Gasteiger partial charge in [0.1, 0.15) is 0 Å². The highest BCUT2D eigenvalue weighted by molar-refractivity contribution is 8.06. The van der Waals surface area contributed by atoms with Crippen molar-refractivity contribution >= 4 is 27.6 Å². The normalized spacial score (nSPS) is 23.3. The summed E-state index contributed by atoms with van der Waals surface area (Å²) in [6.45, 7) is 12.8. The Balaban J connectivity index is 0. The lowest BCUT2D eigenvalue weighted by Crippen LogP contribution is -1.96. The molecule has 2 saturated heterocycles. The van der Waals surface area contributed by atoms with Crippen molar-refractivity contribution in [2.24, 2.45) is 0 Å². The van der Waals surface area contributed by atoms with E-state index in [9.17, 15) is 0 Å². The third-order valence-electron chi connectivity index (χ3n) is 2.51. The summed E-state index contributed by atoms with van der Waals surface area (Å²) in [5, 5.41) is 0. The molecule has 0 aromatic carbocycles. The minimum Gasteiger partial charge on any atom is -0.157 e. The van der Waals surface area contributed by atoms with Gasteiger partial charge in [0, 0.05) is 5.49 Å². The van der Waals surface area contributed by atoms with E-state index in [0.29, 0.717) is 15.8 Å². The van der Waals surface area contributed by atoms with E-state index in [-0.39, 0.29) is 0 Å². The van der Waals surface area contributed by atoms with Crippen LogP contribution in [0.4, 0.5) is 0 Å². The van der Waals surface area contributed by atoms with E-state index in [4.69, 9.17) is 0 Å². The van der Waals surface area contributed by atoms with Crippen LogP contribution in [0.3, 0.4) is 0 Å². The van der Waals surface area contributed by atoms with Gasteiger partial charge in [-0.1, -0.05) is 42.0 Å². The fourth-order valence-electron chi connectivity index (χ4n) is 1.56. The van der Waals surface area contributed by atoms with Crippen LogP contribution in [0, 0.1) is 0 Å². The number of hydrogen-bond donors (Lipinski definition) is 0. The first-order valence-corrected chi connectivity index (χ1v) is 12.7. The Morgan fingerprint density at radius 2 is 1.24 bits per heavy atom. The summed E-state index contributed by atoms with van der Waals surface area (Å²) in [6, 6.07) is 0. The van der Waals surface area contributed by atoms with Crippen LogP contribution >= 0.6 is 27.6 Å². The van der Waals surface area contributed by atoms with Crippen molar-refractivity contribution in [1.29, 1.82) is 0 Å². The Labute approximate surface area is 118 Å². The van der Waals surface area contributed by atoms with Crippen molar-refractivity contribution in [1.82, 2.24) is 0 Å². The summed E-state index contributed by atoms with van der Waals surface area (Å²) >= 11 is 2.11. The lowest BCUT2D eigenvalue weighted by atomic mass is 10.3. The maximum Gasteiger partial charge on any atom is 0.0134 e. The van der Waals surface area contributed by atoms with Gasteiger partial charge in [0.2, 0.25) is 0 Å². The molecule has 2 aliphatic heterocycles. The van der Waals surface area contributed by atoms with Crippen molar-refractivity contribution in [2.45, 2.75) is 47.0 Å². The Hall–Kier alpha value is 1.21. The Kier molecular flexibility index (Phi) is 20.8. The van der Waals surface area contributed by atoms with E-state index < -0.39 is 0 Å². The molecule has 17 heavy (non-hydrogen) atoms. The van der Waals surface area contributed by atoms with Gasteiger partial charge in [0.05, 0.1) is 0 Å². The van der Waals surface area contributed by atoms with Crippen LogP contribution in [0.1, 0.15) is 47.0 Å². The van der Waals surface area contributed by atoms with E-state index in [1.54, 1.807) is 12.3 Å². The standard InChI is InChI=1S/C6H13P.C4H9PS.2C2H6/c1-7-5-3-2-4-6-7;1-5-2-3-6-4-5;2*1-2/h2-6H2,1H3;2-4H2,1H3;2*1-2H3. The minimum absolute atomic E-state index is 0.498. The fourth-order valence-corrected chi connectivity index (χ4v) is 7.35. The Morgan fingerprint density at radius 3 is 1.41 bits per heavy atom. The predicted octanol–water partition coefficient (Wildman–Crippen LogP) is 6.14.